The normalized spacial score (nSPS) is 11.3. The largest absolute Gasteiger partial charge is 0.357 e. The number of H-pyrrole nitrogens is 1. The lowest BCUT2D eigenvalue weighted by Gasteiger charge is -2.19. The van der Waals surface area contributed by atoms with E-state index in [9.17, 15) is 0 Å². The molecule has 0 aliphatic carbocycles. The Bertz CT molecular complexity index is 640. The zero-order valence-electron chi connectivity index (χ0n) is 11.7. The van der Waals surface area contributed by atoms with Crippen LogP contribution in [0.3, 0.4) is 0 Å². The van der Waals surface area contributed by atoms with Crippen LogP contribution < -0.4 is 0 Å². The van der Waals surface area contributed by atoms with Crippen molar-refractivity contribution in [3.05, 3.63) is 66.1 Å². The highest BCUT2D eigenvalue weighted by atomic mass is 15.1. The predicted octanol–water partition coefficient (Wildman–Crippen LogP) is 3.59. The van der Waals surface area contributed by atoms with Gasteiger partial charge >= 0.3 is 0 Å². The topological polar surface area (TPSA) is 31.9 Å². The van der Waals surface area contributed by atoms with Crippen LogP contribution in [0.4, 0.5) is 0 Å². The lowest BCUT2D eigenvalue weighted by Crippen LogP contribution is -2.22. The standard InChI is InChI=1S/C17H19N3/c1-2-20(12-14-7-9-18-10-8-14)13-16-11-15-5-3-4-6-17(15)19-16/h3-11,19H,2,12-13H2,1H3. The van der Waals surface area contributed by atoms with Gasteiger partial charge in [0.05, 0.1) is 0 Å². The SMILES string of the molecule is CCN(Cc1ccncc1)Cc1cc2ccccc2[nH]1. The minimum absolute atomic E-state index is 0.938. The lowest BCUT2D eigenvalue weighted by atomic mass is 10.2. The molecule has 3 aromatic rings. The average molecular weight is 265 g/mol. The monoisotopic (exact) mass is 265 g/mol. The first-order valence-corrected chi connectivity index (χ1v) is 7.03. The van der Waals surface area contributed by atoms with Gasteiger partial charge in [0.2, 0.25) is 0 Å². The summed E-state index contributed by atoms with van der Waals surface area (Å²) in [5, 5.41) is 1.28. The van der Waals surface area contributed by atoms with Crippen LogP contribution in [0.2, 0.25) is 0 Å². The van der Waals surface area contributed by atoms with Crippen LogP contribution in [0.25, 0.3) is 10.9 Å². The van der Waals surface area contributed by atoms with Crippen molar-refractivity contribution in [2.45, 2.75) is 20.0 Å². The molecular weight excluding hydrogens is 246 g/mol. The Hall–Kier alpha value is -2.13. The summed E-state index contributed by atoms with van der Waals surface area (Å²) in [6, 6.07) is 14.8. The Morgan fingerprint density at radius 1 is 1.05 bits per heavy atom. The molecule has 0 unspecified atom stereocenters. The summed E-state index contributed by atoms with van der Waals surface area (Å²) < 4.78 is 0. The van der Waals surface area contributed by atoms with Crippen LogP contribution in [-0.2, 0) is 13.1 Å². The van der Waals surface area contributed by atoms with Crippen LogP contribution in [0.1, 0.15) is 18.2 Å². The predicted molar refractivity (Wildman–Crippen MR) is 82.3 cm³/mol. The molecule has 0 saturated carbocycles. The molecule has 3 rings (SSSR count). The molecule has 1 N–H and O–H groups in total. The Morgan fingerprint density at radius 2 is 1.85 bits per heavy atom. The molecule has 0 amide bonds. The quantitative estimate of drug-likeness (QED) is 0.764. The Balaban J connectivity index is 1.74. The van der Waals surface area contributed by atoms with E-state index in [0.717, 1.165) is 19.6 Å². The van der Waals surface area contributed by atoms with Gasteiger partial charge in [-0.2, -0.15) is 0 Å². The molecule has 2 heterocycles. The number of aromatic amines is 1. The number of nitrogens with one attached hydrogen (secondary N) is 1. The maximum atomic E-state index is 4.07. The smallest absolute Gasteiger partial charge is 0.0456 e. The van der Waals surface area contributed by atoms with Gasteiger partial charge in [-0.1, -0.05) is 25.1 Å². The molecule has 2 aromatic heterocycles. The van der Waals surface area contributed by atoms with Crippen LogP contribution in [0, 0.1) is 0 Å². The molecule has 3 heteroatoms. The first-order chi connectivity index (χ1) is 9.85. The minimum Gasteiger partial charge on any atom is -0.357 e. The maximum absolute atomic E-state index is 4.07. The van der Waals surface area contributed by atoms with E-state index in [4.69, 9.17) is 0 Å². The second-order valence-corrected chi connectivity index (χ2v) is 5.04. The number of hydrogen-bond donors (Lipinski definition) is 1. The van der Waals surface area contributed by atoms with Gasteiger partial charge in [0, 0.05) is 36.7 Å². The molecule has 0 bridgehead atoms. The average Bonchev–Trinajstić information content (AvgIpc) is 2.90. The number of para-hydroxylation sites is 1. The summed E-state index contributed by atoms with van der Waals surface area (Å²) in [6.07, 6.45) is 3.71. The van der Waals surface area contributed by atoms with Crippen LogP contribution in [0.5, 0.6) is 0 Å². The molecule has 3 nitrogen and oxygen atoms in total. The molecule has 0 fully saturated rings. The fourth-order valence-electron chi connectivity index (χ4n) is 2.49. The number of nitrogens with zero attached hydrogens (tertiary/aromatic N) is 2. The third-order valence-corrected chi connectivity index (χ3v) is 3.58. The first-order valence-electron chi connectivity index (χ1n) is 7.03. The van der Waals surface area contributed by atoms with Crippen molar-refractivity contribution in [2.24, 2.45) is 0 Å². The van der Waals surface area contributed by atoms with Crippen molar-refractivity contribution < 1.29 is 0 Å². The Kier molecular flexibility index (Phi) is 3.79. The van der Waals surface area contributed by atoms with Crippen molar-refractivity contribution in [3.8, 4) is 0 Å². The van der Waals surface area contributed by atoms with Gasteiger partial charge in [-0.15, -0.1) is 0 Å². The van der Waals surface area contributed by atoms with E-state index in [-0.39, 0.29) is 0 Å². The molecule has 102 valence electrons. The fraction of sp³-hybridized carbons (Fsp3) is 0.235. The molecule has 20 heavy (non-hydrogen) atoms. The Morgan fingerprint density at radius 3 is 2.60 bits per heavy atom. The highest BCUT2D eigenvalue weighted by Gasteiger charge is 2.07. The number of rotatable bonds is 5. The van der Waals surface area contributed by atoms with E-state index in [0.29, 0.717) is 0 Å². The molecule has 1 aromatic carbocycles. The summed E-state index contributed by atoms with van der Waals surface area (Å²) in [5.41, 5.74) is 3.78. The third-order valence-electron chi connectivity index (χ3n) is 3.58. The van der Waals surface area contributed by atoms with Crippen molar-refractivity contribution >= 4 is 10.9 Å². The fourth-order valence-corrected chi connectivity index (χ4v) is 2.49. The second kappa shape index (κ2) is 5.88. The van der Waals surface area contributed by atoms with Gasteiger partial charge in [0.15, 0.2) is 0 Å². The molecular formula is C17H19N3. The highest BCUT2D eigenvalue weighted by molar-refractivity contribution is 5.80. The number of benzene rings is 1. The highest BCUT2D eigenvalue weighted by Crippen LogP contribution is 2.16. The zero-order chi connectivity index (χ0) is 13.8. The molecule has 0 spiro atoms. The van der Waals surface area contributed by atoms with Gasteiger partial charge in [0.25, 0.3) is 0 Å². The van der Waals surface area contributed by atoms with E-state index >= 15 is 0 Å². The summed E-state index contributed by atoms with van der Waals surface area (Å²) in [4.78, 5) is 9.98. The van der Waals surface area contributed by atoms with Crippen molar-refractivity contribution in [3.63, 3.8) is 0 Å². The van der Waals surface area contributed by atoms with Gasteiger partial charge in [0.1, 0.15) is 0 Å². The molecule has 0 aliphatic heterocycles. The molecule has 0 aliphatic rings. The maximum Gasteiger partial charge on any atom is 0.0456 e. The molecule has 0 radical (unpaired) electrons. The van der Waals surface area contributed by atoms with Crippen molar-refractivity contribution in [1.82, 2.24) is 14.9 Å². The molecule has 0 atom stereocenters. The number of aromatic nitrogens is 2. The van der Waals surface area contributed by atoms with Gasteiger partial charge in [-0.3, -0.25) is 9.88 Å². The lowest BCUT2D eigenvalue weighted by molar-refractivity contribution is 0.269. The van der Waals surface area contributed by atoms with Crippen LogP contribution in [-0.4, -0.2) is 21.4 Å². The van der Waals surface area contributed by atoms with E-state index < -0.39 is 0 Å². The molecule has 0 saturated heterocycles. The van der Waals surface area contributed by atoms with Gasteiger partial charge in [-0.05, 0) is 41.8 Å². The Labute approximate surface area is 119 Å². The third kappa shape index (κ3) is 2.89. The van der Waals surface area contributed by atoms with E-state index in [1.54, 1.807) is 0 Å². The van der Waals surface area contributed by atoms with Gasteiger partial charge in [-0.25, -0.2) is 0 Å². The van der Waals surface area contributed by atoms with E-state index in [1.165, 1.54) is 22.2 Å². The van der Waals surface area contributed by atoms with Crippen LogP contribution >= 0.6 is 0 Å². The minimum atomic E-state index is 0.938. The second-order valence-electron chi connectivity index (χ2n) is 5.04. The van der Waals surface area contributed by atoms with Crippen molar-refractivity contribution in [2.75, 3.05) is 6.54 Å². The summed E-state index contributed by atoms with van der Waals surface area (Å²) in [6.45, 7) is 5.11. The number of fused-ring (bicyclic) bond motifs is 1. The van der Waals surface area contributed by atoms with E-state index in [1.807, 2.05) is 12.4 Å². The van der Waals surface area contributed by atoms with Crippen molar-refractivity contribution in [1.29, 1.82) is 0 Å². The zero-order valence-corrected chi connectivity index (χ0v) is 11.7. The number of pyridine rings is 1. The van der Waals surface area contributed by atoms with E-state index in [2.05, 4.69) is 64.3 Å². The first kappa shape index (κ1) is 12.9. The van der Waals surface area contributed by atoms with Crippen LogP contribution in [0.15, 0.2) is 54.9 Å². The summed E-state index contributed by atoms with van der Waals surface area (Å²) >= 11 is 0. The summed E-state index contributed by atoms with van der Waals surface area (Å²) in [7, 11) is 0. The summed E-state index contributed by atoms with van der Waals surface area (Å²) in [5.74, 6) is 0. The number of hydrogen-bond acceptors (Lipinski definition) is 2. The van der Waals surface area contributed by atoms with Gasteiger partial charge < -0.3 is 4.98 Å².